The zero-order valence-electron chi connectivity index (χ0n) is 7.58. The van der Waals surface area contributed by atoms with Gasteiger partial charge in [0.25, 0.3) is 0 Å². The molecule has 0 aliphatic heterocycles. The Morgan fingerprint density at radius 1 is 1.46 bits per heavy atom. The smallest absolute Gasteiger partial charge is 0.126 e. The van der Waals surface area contributed by atoms with Gasteiger partial charge in [-0.05, 0) is 19.1 Å². The molecule has 0 aliphatic rings. The van der Waals surface area contributed by atoms with Crippen molar-refractivity contribution in [2.75, 3.05) is 7.11 Å². The van der Waals surface area contributed by atoms with Crippen LogP contribution in [0.3, 0.4) is 0 Å². The molecular weight excluding hydrogens is 190 g/mol. The number of methoxy groups -OCH3 is 1. The lowest BCUT2D eigenvalue weighted by molar-refractivity contribution is 0.0647. The molecule has 0 amide bonds. The normalized spacial score (nSPS) is 12.6. The third-order valence-electron chi connectivity index (χ3n) is 1.84. The van der Waals surface area contributed by atoms with E-state index in [4.69, 9.17) is 27.1 Å². The number of ether oxygens (including phenoxy) is 1. The molecule has 0 aliphatic carbocycles. The van der Waals surface area contributed by atoms with Crippen LogP contribution in [-0.2, 0) is 4.84 Å². The maximum absolute atomic E-state index is 5.97. The van der Waals surface area contributed by atoms with Gasteiger partial charge in [0.05, 0.1) is 12.1 Å². The van der Waals surface area contributed by atoms with Crippen LogP contribution in [0.5, 0.6) is 5.75 Å². The number of halogens is 1. The van der Waals surface area contributed by atoms with Crippen molar-refractivity contribution in [1.29, 1.82) is 0 Å². The van der Waals surface area contributed by atoms with Crippen LogP contribution < -0.4 is 10.6 Å². The lowest BCUT2D eigenvalue weighted by Crippen LogP contribution is -2.07. The molecule has 0 heterocycles. The van der Waals surface area contributed by atoms with Crippen LogP contribution in [0.2, 0.25) is 5.02 Å². The third kappa shape index (κ3) is 2.12. The van der Waals surface area contributed by atoms with Gasteiger partial charge in [-0.15, -0.1) is 0 Å². The van der Waals surface area contributed by atoms with Gasteiger partial charge in [0.2, 0.25) is 0 Å². The molecule has 0 fully saturated rings. The molecule has 1 unspecified atom stereocenters. The average Bonchev–Trinajstić information content (AvgIpc) is 2.16. The third-order valence-corrected chi connectivity index (χ3v) is 2.17. The van der Waals surface area contributed by atoms with Gasteiger partial charge in [-0.2, -0.15) is 0 Å². The molecule has 1 aromatic rings. The fourth-order valence-corrected chi connectivity index (χ4v) is 1.48. The molecule has 4 heteroatoms. The summed E-state index contributed by atoms with van der Waals surface area (Å²) in [5, 5.41) is 0.595. The molecule has 13 heavy (non-hydrogen) atoms. The zero-order valence-corrected chi connectivity index (χ0v) is 8.34. The molecule has 0 radical (unpaired) electrons. The van der Waals surface area contributed by atoms with E-state index in [0.29, 0.717) is 10.8 Å². The van der Waals surface area contributed by atoms with Gasteiger partial charge >= 0.3 is 0 Å². The van der Waals surface area contributed by atoms with Crippen molar-refractivity contribution in [2.45, 2.75) is 13.0 Å². The monoisotopic (exact) mass is 201 g/mol. The lowest BCUT2D eigenvalue weighted by Gasteiger charge is -2.14. The number of benzene rings is 1. The Kier molecular flexibility index (Phi) is 3.54. The molecule has 0 spiro atoms. The minimum atomic E-state index is -0.274. The van der Waals surface area contributed by atoms with Gasteiger partial charge < -0.3 is 4.74 Å². The van der Waals surface area contributed by atoms with Gasteiger partial charge in [0.1, 0.15) is 11.9 Å². The van der Waals surface area contributed by atoms with Crippen LogP contribution >= 0.6 is 11.6 Å². The van der Waals surface area contributed by atoms with Crippen LogP contribution in [0.15, 0.2) is 18.2 Å². The van der Waals surface area contributed by atoms with E-state index in [1.54, 1.807) is 13.2 Å². The molecular formula is C9H12ClNO2. The molecule has 1 aromatic carbocycles. The number of rotatable bonds is 3. The van der Waals surface area contributed by atoms with E-state index in [1.165, 1.54) is 0 Å². The number of hydrogen-bond donors (Lipinski definition) is 1. The maximum atomic E-state index is 5.97. The molecule has 0 saturated carbocycles. The number of nitrogens with two attached hydrogens (primary N) is 1. The van der Waals surface area contributed by atoms with Crippen molar-refractivity contribution >= 4 is 11.6 Å². The van der Waals surface area contributed by atoms with Gasteiger partial charge in [0, 0.05) is 5.56 Å². The second-order valence-electron chi connectivity index (χ2n) is 2.63. The quantitative estimate of drug-likeness (QED) is 0.764. The first-order valence-corrected chi connectivity index (χ1v) is 4.26. The summed E-state index contributed by atoms with van der Waals surface area (Å²) in [5.74, 6) is 5.77. The Hall–Kier alpha value is -0.770. The van der Waals surface area contributed by atoms with E-state index >= 15 is 0 Å². The van der Waals surface area contributed by atoms with Gasteiger partial charge in [-0.1, -0.05) is 17.7 Å². The maximum Gasteiger partial charge on any atom is 0.126 e. The van der Waals surface area contributed by atoms with Crippen molar-refractivity contribution in [3.05, 3.63) is 28.8 Å². The van der Waals surface area contributed by atoms with Crippen molar-refractivity contribution < 1.29 is 9.57 Å². The van der Waals surface area contributed by atoms with E-state index in [2.05, 4.69) is 0 Å². The molecule has 0 bridgehead atoms. The first kappa shape index (κ1) is 10.3. The number of hydrogen-bond acceptors (Lipinski definition) is 3. The Bertz CT molecular complexity index is 291. The highest BCUT2D eigenvalue weighted by atomic mass is 35.5. The van der Waals surface area contributed by atoms with E-state index < -0.39 is 0 Å². The summed E-state index contributed by atoms with van der Waals surface area (Å²) >= 11 is 5.97. The second kappa shape index (κ2) is 4.46. The summed E-state index contributed by atoms with van der Waals surface area (Å²) in [5.41, 5.74) is 0.772. The highest BCUT2D eigenvalue weighted by Crippen LogP contribution is 2.32. The van der Waals surface area contributed by atoms with Gasteiger partial charge in [0.15, 0.2) is 0 Å². The highest BCUT2D eigenvalue weighted by Gasteiger charge is 2.14. The van der Waals surface area contributed by atoms with Crippen molar-refractivity contribution in [3.8, 4) is 5.75 Å². The van der Waals surface area contributed by atoms with Crippen LogP contribution in [0.25, 0.3) is 0 Å². The Morgan fingerprint density at radius 3 is 2.69 bits per heavy atom. The first-order valence-electron chi connectivity index (χ1n) is 3.88. The fraction of sp³-hybridized carbons (Fsp3) is 0.333. The summed E-state index contributed by atoms with van der Waals surface area (Å²) in [6, 6.07) is 5.40. The minimum absolute atomic E-state index is 0.274. The fourth-order valence-electron chi connectivity index (χ4n) is 1.16. The van der Waals surface area contributed by atoms with Crippen molar-refractivity contribution in [2.24, 2.45) is 5.90 Å². The largest absolute Gasteiger partial charge is 0.496 e. The average molecular weight is 202 g/mol. The summed E-state index contributed by atoms with van der Waals surface area (Å²) in [4.78, 5) is 4.70. The molecule has 1 rings (SSSR count). The van der Waals surface area contributed by atoms with Crippen LogP contribution in [0.1, 0.15) is 18.6 Å². The summed E-state index contributed by atoms with van der Waals surface area (Å²) < 4.78 is 5.13. The summed E-state index contributed by atoms with van der Waals surface area (Å²) in [6.45, 7) is 1.81. The van der Waals surface area contributed by atoms with Crippen LogP contribution in [-0.4, -0.2) is 7.11 Å². The van der Waals surface area contributed by atoms with Crippen molar-refractivity contribution in [3.63, 3.8) is 0 Å². The SMILES string of the molecule is COc1cccc(Cl)c1C(C)ON. The Morgan fingerprint density at radius 2 is 2.15 bits per heavy atom. The molecule has 3 nitrogen and oxygen atoms in total. The van der Waals surface area contributed by atoms with E-state index in [9.17, 15) is 0 Å². The Labute approximate surface area is 82.4 Å². The molecule has 72 valence electrons. The topological polar surface area (TPSA) is 44.5 Å². The molecule has 0 saturated heterocycles. The molecule has 0 aromatic heterocycles. The van der Waals surface area contributed by atoms with Crippen LogP contribution in [0, 0.1) is 0 Å². The van der Waals surface area contributed by atoms with E-state index in [-0.39, 0.29) is 6.10 Å². The lowest BCUT2D eigenvalue weighted by atomic mass is 10.1. The minimum Gasteiger partial charge on any atom is -0.496 e. The first-order chi connectivity index (χ1) is 6.20. The van der Waals surface area contributed by atoms with Gasteiger partial charge in [-0.25, -0.2) is 5.90 Å². The van der Waals surface area contributed by atoms with Crippen LogP contribution in [0.4, 0.5) is 0 Å². The summed E-state index contributed by atoms with van der Waals surface area (Å²) in [7, 11) is 1.58. The second-order valence-corrected chi connectivity index (χ2v) is 3.04. The summed E-state index contributed by atoms with van der Waals surface area (Å²) in [6.07, 6.45) is -0.274. The predicted octanol–water partition coefficient (Wildman–Crippen LogP) is 2.30. The highest BCUT2D eigenvalue weighted by molar-refractivity contribution is 6.31. The van der Waals surface area contributed by atoms with E-state index in [0.717, 1.165) is 5.56 Å². The van der Waals surface area contributed by atoms with E-state index in [1.807, 2.05) is 19.1 Å². The predicted molar refractivity (Wildman–Crippen MR) is 51.7 cm³/mol. The van der Waals surface area contributed by atoms with Gasteiger partial charge in [-0.3, -0.25) is 4.84 Å². The zero-order chi connectivity index (χ0) is 9.84. The Balaban J connectivity index is 3.14. The molecule has 1 atom stereocenters. The van der Waals surface area contributed by atoms with Crippen molar-refractivity contribution in [1.82, 2.24) is 0 Å². The molecule has 2 N–H and O–H groups in total. The standard InChI is InChI=1S/C9H12ClNO2/c1-6(13-11)9-7(10)4-3-5-8(9)12-2/h3-6H,11H2,1-2H3.